The number of aromatic nitrogens is 1. The van der Waals surface area contributed by atoms with Crippen molar-refractivity contribution in [2.24, 2.45) is 0 Å². The number of halogens is 4. The maximum Gasteiger partial charge on any atom is 0.343 e. The second-order valence-electron chi connectivity index (χ2n) is 4.55. The summed E-state index contributed by atoms with van der Waals surface area (Å²) in [6.45, 7) is 4.00. The van der Waals surface area contributed by atoms with Crippen molar-refractivity contribution in [1.82, 2.24) is 4.98 Å². The normalized spacial score (nSPS) is 10.4. The zero-order valence-electron chi connectivity index (χ0n) is 13.9. The predicted molar refractivity (Wildman–Crippen MR) is 94.0 cm³/mol. The van der Waals surface area contributed by atoms with Gasteiger partial charge < -0.3 is 4.74 Å². The summed E-state index contributed by atoms with van der Waals surface area (Å²) < 4.78 is 59.3. The third-order valence-corrected chi connectivity index (χ3v) is 5.05. The summed E-state index contributed by atoms with van der Waals surface area (Å²) in [5.41, 5.74) is 0.623. The Balaban J connectivity index is 0.00000117. The number of thiazole rings is 1. The summed E-state index contributed by atoms with van der Waals surface area (Å²) >= 11 is 2.75. The Morgan fingerprint density at radius 2 is 1.69 bits per heavy atom. The van der Waals surface area contributed by atoms with Crippen molar-refractivity contribution in [3.05, 3.63) is 53.1 Å². The van der Waals surface area contributed by atoms with Crippen LogP contribution in [0.4, 0.5) is 17.6 Å². The lowest BCUT2D eigenvalue weighted by Crippen LogP contribution is -2.12. The van der Waals surface area contributed by atoms with Crippen LogP contribution in [0.15, 0.2) is 28.6 Å². The molecule has 3 nitrogen and oxygen atoms in total. The van der Waals surface area contributed by atoms with E-state index in [2.05, 4.69) is 9.72 Å². The van der Waals surface area contributed by atoms with E-state index in [4.69, 9.17) is 0 Å². The van der Waals surface area contributed by atoms with Gasteiger partial charge in [-0.25, -0.2) is 18.6 Å². The Hall–Kier alpha value is -2.13. The molecule has 3 aromatic rings. The van der Waals surface area contributed by atoms with Crippen LogP contribution in [0.2, 0.25) is 0 Å². The number of rotatable bonds is 3. The van der Waals surface area contributed by atoms with Gasteiger partial charge in [0.15, 0.2) is 16.0 Å². The minimum absolute atomic E-state index is 0.0257. The summed E-state index contributed by atoms with van der Waals surface area (Å²) in [4.78, 5) is 16.3. The van der Waals surface area contributed by atoms with E-state index in [9.17, 15) is 22.4 Å². The van der Waals surface area contributed by atoms with Crippen LogP contribution in [0.1, 0.15) is 24.2 Å². The van der Waals surface area contributed by atoms with Gasteiger partial charge in [0.25, 0.3) is 0 Å². The maximum atomic E-state index is 13.6. The number of fused-ring (bicyclic) bond motifs is 1. The zero-order valence-corrected chi connectivity index (χ0v) is 15.5. The molecular weight excluding hydrogens is 390 g/mol. The van der Waals surface area contributed by atoms with Crippen molar-refractivity contribution >= 4 is 39.3 Å². The SMILES string of the molecule is CC.CSc1nc2ccc(C(=O)Oc3c(F)c(F)cc(F)c3F)cc2s1. The average Bonchev–Trinajstić information content (AvgIpc) is 3.07. The van der Waals surface area contributed by atoms with Gasteiger partial charge in [-0.3, -0.25) is 0 Å². The molecule has 0 aliphatic carbocycles. The first-order valence-electron chi connectivity index (χ1n) is 7.40. The van der Waals surface area contributed by atoms with Crippen molar-refractivity contribution in [2.75, 3.05) is 6.26 Å². The van der Waals surface area contributed by atoms with Crippen molar-refractivity contribution < 1.29 is 27.1 Å². The molecule has 0 saturated heterocycles. The molecular formula is C17H13F4NO2S2. The number of hydrogen-bond donors (Lipinski definition) is 0. The lowest BCUT2D eigenvalue weighted by molar-refractivity contribution is 0.0717. The fraction of sp³-hybridized carbons (Fsp3) is 0.176. The number of nitrogens with zero attached hydrogens (tertiary/aromatic N) is 1. The molecule has 0 saturated carbocycles. The summed E-state index contributed by atoms with van der Waals surface area (Å²) in [6.07, 6.45) is 1.84. The van der Waals surface area contributed by atoms with Gasteiger partial charge in [-0.2, -0.15) is 8.78 Å². The monoisotopic (exact) mass is 403 g/mol. The van der Waals surface area contributed by atoms with E-state index >= 15 is 0 Å². The smallest absolute Gasteiger partial charge is 0.343 e. The molecule has 0 atom stereocenters. The Kier molecular flexibility index (Phi) is 6.60. The first-order valence-corrected chi connectivity index (χ1v) is 9.44. The van der Waals surface area contributed by atoms with Crippen LogP contribution >= 0.6 is 23.1 Å². The van der Waals surface area contributed by atoms with Crippen LogP contribution in [0.25, 0.3) is 10.2 Å². The molecule has 3 rings (SSSR count). The number of carbonyl (C=O) groups excluding carboxylic acids is 1. The zero-order chi connectivity index (χ0) is 19.4. The first kappa shape index (κ1) is 20.2. The molecule has 138 valence electrons. The second kappa shape index (κ2) is 8.50. The molecule has 0 fully saturated rings. The molecule has 0 bridgehead atoms. The molecule has 0 spiro atoms. The highest BCUT2D eigenvalue weighted by Gasteiger charge is 2.23. The van der Waals surface area contributed by atoms with E-state index < -0.39 is 35.0 Å². The van der Waals surface area contributed by atoms with Crippen molar-refractivity contribution in [3.63, 3.8) is 0 Å². The summed E-state index contributed by atoms with van der Waals surface area (Å²) in [5, 5.41) is 0. The number of ether oxygens (including phenoxy) is 1. The largest absolute Gasteiger partial charge is 0.416 e. The van der Waals surface area contributed by atoms with Gasteiger partial charge in [-0.05, 0) is 24.5 Å². The molecule has 2 aromatic carbocycles. The molecule has 1 aromatic heterocycles. The van der Waals surface area contributed by atoms with Gasteiger partial charge in [-0.15, -0.1) is 11.3 Å². The standard InChI is InChI=1S/C15H7F4NO2S2.C2H6/c1-23-15-20-9-3-2-6(4-10(9)24-15)14(21)22-13-11(18)7(16)5-8(17)12(13)19;1-2/h2-5H,1H3;1-2H3. The Morgan fingerprint density at radius 3 is 2.27 bits per heavy atom. The molecule has 0 radical (unpaired) electrons. The predicted octanol–water partition coefficient (Wildman–Crippen LogP) is 5.82. The van der Waals surface area contributed by atoms with E-state index in [1.54, 1.807) is 6.07 Å². The fourth-order valence-corrected chi connectivity index (χ4v) is 3.44. The van der Waals surface area contributed by atoms with Crippen LogP contribution in [-0.2, 0) is 0 Å². The highest BCUT2D eigenvalue weighted by Crippen LogP contribution is 2.30. The fourth-order valence-electron chi connectivity index (χ4n) is 1.91. The number of hydrogen-bond acceptors (Lipinski definition) is 5. The number of esters is 1. The van der Waals surface area contributed by atoms with Crippen LogP contribution in [0.5, 0.6) is 5.75 Å². The molecule has 0 N–H and O–H groups in total. The summed E-state index contributed by atoms with van der Waals surface area (Å²) in [7, 11) is 0. The molecule has 0 amide bonds. The molecule has 1 heterocycles. The summed E-state index contributed by atoms with van der Waals surface area (Å²) in [6, 6.07) is 4.36. The highest BCUT2D eigenvalue weighted by molar-refractivity contribution is 8.00. The molecule has 0 aliphatic rings. The Morgan fingerprint density at radius 1 is 1.08 bits per heavy atom. The van der Waals surface area contributed by atoms with Gasteiger partial charge in [0.1, 0.15) is 0 Å². The van der Waals surface area contributed by atoms with Gasteiger partial charge in [0.2, 0.25) is 17.4 Å². The minimum atomic E-state index is -1.77. The number of carbonyl (C=O) groups is 1. The number of thioether (sulfide) groups is 1. The lowest BCUT2D eigenvalue weighted by atomic mass is 10.2. The van der Waals surface area contributed by atoms with Crippen LogP contribution < -0.4 is 4.74 Å². The first-order chi connectivity index (χ1) is 12.4. The van der Waals surface area contributed by atoms with Crippen molar-refractivity contribution in [3.8, 4) is 5.75 Å². The highest BCUT2D eigenvalue weighted by atomic mass is 32.2. The van der Waals surface area contributed by atoms with Gasteiger partial charge >= 0.3 is 5.97 Å². The third kappa shape index (κ3) is 3.99. The van der Waals surface area contributed by atoms with Crippen LogP contribution in [0.3, 0.4) is 0 Å². The molecule has 0 aliphatic heterocycles. The molecule has 0 unspecified atom stereocenters. The average molecular weight is 403 g/mol. The van der Waals surface area contributed by atoms with E-state index in [-0.39, 0.29) is 11.6 Å². The second-order valence-corrected chi connectivity index (χ2v) is 6.64. The Bertz CT molecular complexity index is 933. The van der Waals surface area contributed by atoms with Crippen LogP contribution in [0, 0.1) is 23.3 Å². The van der Waals surface area contributed by atoms with Gasteiger partial charge in [0.05, 0.1) is 15.8 Å². The van der Waals surface area contributed by atoms with Crippen molar-refractivity contribution in [1.29, 1.82) is 0 Å². The van der Waals surface area contributed by atoms with E-state index in [0.29, 0.717) is 10.2 Å². The quantitative estimate of drug-likeness (QED) is 0.182. The minimum Gasteiger partial charge on any atom is -0.416 e. The Labute approximate surface area is 155 Å². The van der Waals surface area contributed by atoms with Crippen molar-refractivity contribution in [2.45, 2.75) is 18.2 Å². The van der Waals surface area contributed by atoms with Gasteiger partial charge in [-0.1, -0.05) is 25.6 Å². The summed E-state index contributed by atoms with van der Waals surface area (Å²) in [5.74, 6) is -9.40. The lowest BCUT2D eigenvalue weighted by Gasteiger charge is -2.07. The van der Waals surface area contributed by atoms with E-state index in [1.807, 2.05) is 20.1 Å². The third-order valence-electron chi connectivity index (χ3n) is 3.05. The van der Waals surface area contributed by atoms with E-state index in [1.165, 1.54) is 35.2 Å². The molecule has 26 heavy (non-hydrogen) atoms. The number of benzene rings is 2. The van der Waals surface area contributed by atoms with Gasteiger partial charge in [0, 0.05) is 6.07 Å². The molecule has 9 heteroatoms. The topological polar surface area (TPSA) is 39.2 Å². The van der Waals surface area contributed by atoms with Crippen LogP contribution in [-0.4, -0.2) is 17.2 Å². The van der Waals surface area contributed by atoms with E-state index in [0.717, 1.165) is 4.34 Å². The maximum absolute atomic E-state index is 13.6.